The van der Waals surface area contributed by atoms with Crippen LogP contribution in [0.2, 0.25) is 0 Å². The van der Waals surface area contributed by atoms with E-state index < -0.39 is 0 Å². The van der Waals surface area contributed by atoms with Crippen molar-refractivity contribution in [2.45, 2.75) is 0 Å². The second-order valence-electron chi connectivity index (χ2n) is 4.55. The topological polar surface area (TPSA) is 51.6 Å². The highest BCUT2D eigenvalue weighted by Crippen LogP contribution is 2.30. The molecule has 4 heteroatoms. The molecule has 0 fully saturated rings. The third kappa shape index (κ3) is 1.62. The third-order valence-electron chi connectivity index (χ3n) is 3.38. The van der Waals surface area contributed by atoms with E-state index in [0.717, 1.165) is 32.9 Å². The molecule has 0 amide bonds. The lowest BCUT2D eigenvalue weighted by Crippen LogP contribution is -1.90. The molecule has 4 nitrogen and oxygen atoms in total. The maximum Gasteiger partial charge on any atom is 0.101 e. The van der Waals surface area contributed by atoms with Crippen LogP contribution in [-0.4, -0.2) is 20.4 Å². The SMILES string of the molecule is c1cc(-c2cccc3ccnnc23)c2nnccc2c1. The Bertz CT molecular complexity index is 830. The second kappa shape index (κ2) is 4.35. The van der Waals surface area contributed by atoms with Crippen molar-refractivity contribution < 1.29 is 0 Å². The quantitative estimate of drug-likeness (QED) is 0.526. The summed E-state index contributed by atoms with van der Waals surface area (Å²) in [6, 6.07) is 16.1. The largest absolute Gasteiger partial charge is 0.158 e. The zero-order valence-corrected chi connectivity index (χ0v) is 10.6. The van der Waals surface area contributed by atoms with Gasteiger partial charge in [-0.3, -0.25) is 0 Å². The van der Waals surface area contributed by atoms with Crippen LogP contribution < -0.4 is 0 Å². The molecule has 2 aromatic carbocycles. The van der Waals surface area contributed by atoms with Crippen molar-refractivity contribution in [1.29, 1.82) is 0 Å². The predicted molar refractivity (Wildman–Crippen MR) is 78.1 cm³/mol. The fourth-order valence-corrected chi connectivity index (χ4v) is 2.46. The highest BCUT2D eigenvalue weighted by Gasteiger charge is 2.09. The van der Waals surface area contributed by atoms with Crippen molar-refractivity contribution in [3.63, 3.8) is 0 Å². The van der Waals surface area contributed by atoms with Gasteiger partial charge in [0.2, 0.25) is 0 Å². The summed E-state index contributed by atoms with van der Waals surface area (Å²) in [5, 5.41) is 18.7. The van der Waals surface area contributed by atoms with E-state index in [1.54, 1.807) is 12.4 Å². The van der Waals surface area contributed by atoms with E-state index in [9.17, 15) is 0 Å². The minimum Gasteiger partial charge on any atom is -0.158 e. The first kappa shape index (κ1) is 11.0. The summed E-state index contributed by atoms with van der Waals surface area (Å²) in [6.07, 6.45) is 3.41. The van der Waals surface area contributed by atoms with E-state index in [4.69, 9.17) is 0 Å². The molecule has 0 radical (unpaired) electrons. The van der Waals surface area contributed by atoms with E-state index in [1.165, 1.54) is 0 Å². The van der Waals surface area contributed by atoms with Gasteiger partial charge in [0, 0.05) is 21.9 Å². The van der Waals surface area contributed by atoms with Crippen molar-refractivity contribution in [3.8, 4) is 11.1 Å². The second-order valence-corrected chi connectivity index (χ2v) is 4.55. The van der Waals surface area contributed by atoms with Crippen LogP contribution in [0.25, 0.3) is 32.9 Å². The molecule has 94 valence electrons. The summed E-state index contributed by atoms with van der Waals surface area (Å²) in [7, 11) is 0. The lowest BCUT2D eigenvalue weighted by molar-refractivity contribution is 1.07. The number of rotatable bonds is 1. The normalized spacial score (nSPS) is 11.0. The summed E-state index contributed by atoms with van der Waals surface area (Å²) >= 11 is 0. The monoisotopic (exact) mass is 258 g/mol. The summed E-state index contributed by atoms with van der Waals surface area (Å²) in [4.78, 5) is 0. The molecule has 0 aliphatic carbocycles. The first-order chi connectivity index (χ1) is 9.93. The van der Waals surface area contributed by atoms with Crippen molar-refractivity contribution in [3.05, 3.63) is 60.9 Å². The molecule has 2 aromatic heterocycles. The number of fused-ring (bicyclic) bond motifs is 2. The molecule has 20 heavy (non-hydrogen) atoms. The number of benzene rings is 2. The van der Waals surface area contributed by atoms with Gasteiger partial charge in [-0.15, -0.1) is 10.2 Å². The van der Waals surface area contributed by atoms with E-state index >= 15 is 0 Å². The van der Waals surface area contributed by atoms with Gasteiger partial charge in [0.15, 0.2) is 0 Å². The van der Waals surface area contributed by atoms with Gasteiger partial charge in [0.05, 0.1) is 12.4 Å². The maximum atomic E-state index is 4.27. The van der Waals surface area contributed by atoms with Crippen LogP contribution in [0.15, 0.2) is 60.9 Å². The van der Waals surface area contributed by atoms with Gasteiger partial charge in [-0.2, -0.15) is 10.2 Å². The summed E-state index contributed by atoms with van der Waals surface area (Å²) in [5.41, 5.74) is 3.82. The first-order valence-electron chi connectivity index (χ1n) is 6.35. The Balaban J connectivity index is 2.12. The Morgan fingerprint density at radius 2 is 1.05 bits per heavy atom. The van der Waals surface area contributed by atoms with Crippen molar-refractivity contribution in [2.75, 3.05) is 0 Å². The molecule has 4 rings (SSSR count). The Morgan fingerprint density at radius 3 is 1.55 bits per heavy atom. The fourth-order valence-electron chi connectivity index (χ4n) is 2.46. The standard InChI is InChI=1S/C16H10N4/c1-3-11-7-9-17-19-15(11)13(5-1)14-6-2-4-12-8-10-18-20-16(12)14/h1-10H. The molecule has 0 N–H and O–H groups in total. The fraction of sp³-hybridized carbons (Fsp3) is 0. The smallest absolute Gasteiger partial charge is 0.101 e. The Labute approximate surface area is 115 Å². The van der Waals surface area contributed by atoms with Gasteiger partial charge in [0.25, 0.3) is 0 Å². The van der Waals surface area contributed by atoms with Gasteiger partial charge in [-0.1, -0.05) is 36.4 Å². The zero-order valence-electron chi connectivity index (χ0n) is 10.6. The molecule has 0 atom stereocenters. The van der Waals surface area contributed by atoms with Crippen LogP contribution in [0, 0.1) is 0 Å². The molecule has 2 heterocycles. The molecular weight excluding hydrogens is 248 g/mol. The van der Waals surface area contributed by atoms with Crippen molar-refractivity contribution in [2.24, 2.45) is 0 Å². The van der Waals surface area contributed by atoms with Gasteiger partial charge < -0.3 is 0 Å². The first-order valence-corrected chi connectivity index (χ1v) is 6.35. The maximum absolute atomic E-state index is 4.27. The predicted octanol–water partition coefficient (Wildman–Crippen LogP) is 3.24. The van der Waals surface area contributed by atoms with E-state index in [0.29, 0.717) is 0 Å². The van der Waals surface area contributed by atoms with Crippen LogP contribution in [0.3, 0.4) is 0 Å². The molecule has 0 saturated heterocycles. The number of aromatic nitrogens is 4. The number of nitrogens with zero attached hydrogens (tertiary/aromatic N) is 4. The van der Waals surface area contributed by atoms with Gasteiger partial charge in [0.1, 0.15) is 11.0 Å². The Morgan fingerprint density at radius 1 is 0.550 bits per heavy atom. The van der Waals surface area contributed by atoms with Crippen LogP contribution in [0.1, 0.15) is 0 Å². The van der Waals surface area contributed by atoms with Gasteiger partial charge >= 0.3 is 0 Å². The minimum absolute atomic E-state index is 0.883. The molecule has 0 aliphatic rings. The highest BCUT2D eigenvalue weighted by atomic mass is 15.1. The number of hydrogen-bond acceptors (Lipinski definition) is 4. The average Bonchev–Trinajstić information content (AvgIpc) is 2.54. The van der Waals surface area contributed by atoms with Crippen LogP contribution in [-0.2, 0) is 0 Å². The Kier molecular flexibility index (Phi) is 2.39. The highest BCUT2D eigenvalue weighted by molar-refractivity contribution is 6.01. The van der Waals surface area contributed by atoms with E-state index in [-0.39, 0.29) is 0 Å². The van der Waals surface area contributed by atoms with Crippen molar-refractivity contribution in [1.82, 2.24) is 20.4 Å². The van der Waals surface area contributed by atoms with Crippen LogP contribution in [0.5, 0.6) is 0 Å². The molecule has 0 spiro atoms. The Hall–Kier alpha value is -2.88. The number of hydrogen-bond donors (Lipinski definition) is 0. The van der Waals surface area contributed by atoms with Crippen LogP contribution in [0.4, 0.5) is 0 Å². The molecule has 0 unspecified atom stereocenters. The lowest BCUT2D eigenvalue weighted by Gasteiger charge is -2.07. The third-order valence-corrected chi connectivity index (χ3v) is 3.38. The molecular formula is C16H10N4. The van der Waals surface area contributed by atoms with E-state index in [2.05, 4.69) is 20.4 Å². The summed E-state index contributed by atoms with van der Waals surface area (Å²) < 4.78 is 0. The van der Waals surface area contributed by atoms with Gasteiger partial charge in [-0.05, 0) is 12.1 Å². The minimum atomic E-state index is 0.883. The van der Waals surface area contributed by atoms with Gasteiger partial charge in [-0.25, -0.2) is 0 Å². The average molecular weight is 258 g/mol. The molecule has 0 saturated carbocycles. The van der Waals surface area contributed by atoms with Crippen LogP contribution >= 0.6 is 0 Å². The summed E-state index contributed by atoms with van der Waals surface area (Å²) in [6.45, 7) is 0. The zero-order chi connectivity index (χ0) is 13.4. The molecule has 0 bridgehead atoms. The van der Waals surface area contributed by atoms with Crippen molar-refractivity contribution >= 4 is 21.8 Å². The lowest BCUT2D eigenvalue weighted by atomic mass is 10.00. The molecule has 4 aromatic rings. The van der Waals surface area contributed by atoms with E-state index in [1.807, 2.05) is 48.5 Å². The summed E-state index contributed by atoms with van der Waals surface area (Å²) in [5.74, 6) is 0. The molecule has 0 aliphatic heterocycles.